The van der Waals surface area contributed by atoms with E-state index in [1.807, 2.05) is 6.07 Å². The Morgan fingerprint density at radius 2 is 2.04 bits per heavy atom. The standard InChI is InChI=1S/C18H15ClFN3O2/c1-23(17(24)10-12-5-2-3-8-15(12)20)11-16-21-18(22-25-16)13-6-4-7-14(19)9-13/h2-9H,10-11H2,1H3. The van der Waals surface area contributed by atoms with Crippen LogP contribution in [0, 0.1) is 5.82 Å². The summed E-state index contributed by atoms with van der Waals surface area (Å²) >= 11 is 5.95. The number of amides is 1. The van der Waals surface area contributed by atoms with Crippen LogP contribution in [0.15, 0.2) is 53.1 Å². The molecule has 3 aromatic rings. The van der Waals surface area contributed by atoms with Crippen LogP contribution >= 0.6 is 11.6 Å². The minimum Gasteiger partial charge on any atom is -0.337 e. The van der Waals surface area contributed by atoms with Gasteiger partial charge in [0.2, 0.25) is 17.6 Å². The highest BCUT2D eigenvalue weighted by molar-refractivity contribution is 6.30. The van der Waals surface area contributed by atoms with Gasteiger partial charge in [0.1, 0.15) is 5.82 Å². The topological polar surface area (TPSA) is 59.2 Å². The molecule has 0 saturated carbocycles. The van der Waals surface area contributed by atoms with E-state index in [-0.39, 0.29) is 18.9 Å². The number of carbonyl (C=O) groups excluding carboxylic acids is 1. The van der Waals surface area contributed by atoms with Crippen molar-refractivity contribution in [3.63, 3.8) is 0 Å². The molecular weight excluding hydrogens is 345 g/mol. The quantitative estimate of drug-likeness (QED) is 0.696. The van der Waals surface area contributed by atoms with Gasteiger partial charge in [-0.3, -0.25) is 4.79 Å². The van der Waals surface area contributed by atoms with Crippen molar-refractivity contribution in [1.29, 1.82) is 0 Å². The molecule has 0 N–H and O–H groups in total. The molecule has 0 bridgehead atoms. The lowest BCUT2D eigenvalue weighted by Gasteiger charge is -2.14. The summed E-state index contributed by atoms with van der Waals surface area (Å²) in [5.41, 5.74) is 1.08. The number of halogens is 2. The second-order valence-electron chi connectivity index (χ2n) is 5.54. The molecule has 0 atom stereocenters. The first-order valence-electron chi connectivity index (χ1n) is 7.59. The molecule has 0 aliphatic carbocycles. The van der Waals surface area contributed by atoms with Gasteiger partial charge < -0.3 is 9.42 Å². The molecule has 128 valence electrons. The maximum atomic E-state index is 13.6. The van der Waals surface area contributed by atoms with Gasteiger partial charge in [-0.25, -0.2) is 4.39 Å². The summed E-state index contributed by atoms with van der Waals surface area (Å²) in [6, 6.07) is 13.3. The Morgan fingerprint density at radius 3 is 2.80 bits per heavy atom. The molecular formula is C18H15ClFN3O2. The number of hydrogen-bond acceptors (Lipinski definition) is 4. The number of carbonyl (C=O) groups is 1. The van der Waals surface area contributed by atoms with E-state index in [1.165, 1.54) is 11.0 Å². The van der Waals surface area contributed by atoms with E-state index in [1.54, 1.807) is 43.4 Å². The van der Waals surface area contributed by atoms with Crippen molar-refractivity contribution < 1.29 is 13.7 Å². The van der Waals surface area contributed by atoms with Crippen LogP contribution in [0.4, 0.5) is 4.39 Å². The van der Waals surface area contributed by atoms with E-state index in [4.69, 9.17) is 16.1 Å². The van der Waals surface area contributed by atoms with Gasteiger partial charge >= 0.3 is 0 Å². The normalized spacial score (nSPS) is 10.7. The zero-order valence-corrected chi connectivity index (χ0v) is 14.2. The van der Waals surface area contributed by atoms with E-state index >= 15 is 0 Å². The lowest BCUT2D eigenvalue weighted by molar-refractivity contribution is -0.130. The highest BCUT2D eigenvalue weighted by atomic mass is 35.5. The van der Waals surface area contributed by atoms with Crippen LogP contribution in [0.2, 0.25) is 5.02 Å². The van der Waals surface area contributed by atoms with E-state index in [9.17, 15) is 9.18 Å². The van der Waals surface area contributed by atoms with Gasteiger partial charge in [-0.1, -0.05) is 47.1 Å². The largest absolute Gasteiger partial charge is 0.337 e. The molecule has 25 heavy (non-hydrogen) atoms. The third kappa shape index (κ3) is 4.22. The van der Waals surface area contributed by atoms with Crippen LogP contribution in [0.5, 0.6) is 0 Å². The van der Waals surface area contributed by atoms with Gasteiger partial charge in [0.25, 0.3) is 0 Å². The number of nitrogens with zero attached hydrogens (tertiary/aromatic N) is 3. The van der Waals surface area contributed by atoms with E-state index in [0.29, 0.717) is 22.3 Å². The number of likely N-dealkylation sites (N-methyl/N-ethyl adjacent to an activating group) is 1. The number of benzene rings is 2. The average Bonchev–Trinajstić information content (AvgIpc) is 3.05. The summed E-state index contributed by atoms with van der Waals surface area (Å²) in [5.74, 6) is 0.0460. The molecule has 0 saturated heterocycles. The second kappa shape index (κ2) is 7.44. The van der Waals surface area contributed by atoms with Crippen molar-refractivity contribution in [1.82, 2.24) is 15.0 Å². The fraction of sp³-hybridized carbons (Fsp3) is 0.167. The highest BCUT2D eigenvalue weighted by Crippen LogP contribution is 2.20. The van der Waals surface area contributed by atoms with Gasteiger partial charge in [-0.05, 0) is 23.8 Å². The summed E-state index contributed by atoms with van der Waals surface area (Å²) in [5, 5.41) is 4.47. The van der Waals surface area contributed by atoms with Gasteiger partial charge in [-0.15, -0.1) is 0 Å². The lowest BCUT2D eigenvalue weighted by atomic mass is 10.1. The van der Waals surface area contributed by atoms with Gasteiger partial charge in [0.05, 0.1) is 13.0 Å². The smallest absolute Gasteiger partial charge is 0.246 e. The van der Waals surface area contributed by atoms with Crippen molar-refractivity contribution >= 4 is 17.5 Å². The van der Waals surface area contributed by atoms with Crippen LogP contribution in [0.3, 0.4) is 0 Å². The Hall–Kier alpha value is -2.73. The summed E-state index contributed by atoms with van der Waals surface area (Å²) in [6.07, 6.45) is -0.0293. The first-order valence-corrected chi connectivity index (χ1v) is 7.96. The van der Waals surface area contributed by atoms with Crippen molar-refractivity contribution in [3.8, 4) is 11.4 Å². The van der Waals surface area contributed by atoms with Crippen molar-refractivity contribution in [2.75, 3.05) is 7.05 Å². The monoisotopic (exact) mass is 359 g/mol. The maximum absolute atomic E-state index is 13.6. The molecule has 0 fully saturated rings. The van der Waals surface area contributed by atoms with Crippen LogP contribution in [-0.4, -0.2) is 28.0 Å². The van der Waals surface area contributed by atoms with Gasteiger partial charge in [0.15, 0.2) is 0 Å². The van der Waals surface area contributed by atoms with E-state index < -0.39 is 5.82 Å². The zero-order valence-electron chi connectivity index (χ0n) is 13.4. The van der Waals surface area contributed by atoms with Crippen LogP contribution < -0.4 is 0 Å². The molecule has 5 nitrogen and oxygen atoms in total. The Morgan fingerprint density at radius 1 is 1.24 bits per heavy atom. The van der Waals surface area contributed by atoms with E-state index in [2.05, 4.69) is 10.1 Å². The zero-order chi connectivity index (χ0) is 17.8. The third-order valence-electron chi connectivity index (χ3n) is 3.65. The fourth-order valence-electron chi connectivity index (χ4n) is 2.29. The SMILES string of the molecule is CN(Cc1nc(-c2cccc(Cl)c2)no1)C(=O)Cc1ccccc1F. The fourth-order valence-corrected chi connectivity index (χ4v) is 2.48. The Balaban J connectivity index is 1.66. The Labute approximate surface area is 149 Å². The van der Waals surface area contributed by atoms with Crippen LogP contribution in [0.1, 0.15) is 11.5 Å². The van der Waals surface area contributed by atoms with Crippen molar-refractivity contribution in [3.05, 3.63) is 70.8 Å². The minimum atomic E-state index is -0.398. The number of aromatic nitrogens is 2. The second-order valence-corrected chi connectivity index (χ2v) is 5.98. The molecule has 7 heteroatoms. The first-order chi connectivity index (χ1) is 12.0. The Kier molecular flexibility index (Phi) is 5.09. The molecule has 0 unspecified atom stereocenters. The predicted octanol–water partition coefficient (Wildman–Crippen LogP) is 3.73. The van der Waals surface area contributed by atoms with E-state index in [0.717, 1.165) is 5.56 Å². The average molecular weight is 360 g/mol. The summed E-state index contributed by atoms with van der Waals surface area (Å²) in [6.45, 7) is 0.140. The minimum absolute atomic E-state index is 0.0293. The molecule has 3 rings (SSSR count). The molecule has 0 spiro atoms. The van der Waals surface area contributed by atoms with Crippen LogP contribution in [-0.2, 0) is 17.8 Å². The molecule has 0 aliphatic rings. The molecule has 1 heterocycles. The summed E-state index contributed by atoms with van der Waals surface area (Å²) < 4.78 is 18.8. The first kappa shape index (κ1) is 17.1. The van der Waals surface area contributed by atoms with Crippen molar-refractivity contribution in [2.45, 2.75) is 13.0 Å². The molecule has 1 amide bonds. The van der Waals surface area contributed by atoms with Gasteiger partial charge in [0, 0.05) is 17.6 Å². The third-order valence-corrected chi connectivity index (χ3v) is 3.88. The number of rotatable bonds is 5. The van der Waals surface area contributed by atoms with Crippen LogP contribution in [0.25, 0.3) is 11.4 Å². The predicted molar refractivity (Wildman–Crippen MR) is 91.3 cm³/mol. The highest BCUT2D eigenvalue weighted by Gasteiger charge is 2.16. The lowest BCUT2D eigenvalue weighted by Crippen LogP contribution is -2.28. The van der Waals surface area contributed by atoms with Gasteiger partial charge in [-0.2, -0.15) is 4.98 Å². The Bertz CT molecular complexity index is 897. The molecule has 2 aromatic carbocycles. The summed E-state index contributed by atoms with van der Waals surface area (Å²) in [4.78, 5) is 17.9. The molecule has 0 aliphatic heterocycles. The van der Waals surface area contributed by atoms with Crippen molar-refractivity contribution in [2.24, 2.45) is 0 Å². The maximum Gasteiger partial charge on any atom is 0.246 e. The summed E-state index contributed by atoms with van der Waals surface area (Å²) in [7, 11) is 1.60. The molecule has 1 aromatic heterocycles. The number of hydrogen-bond donors (Lipinski definition) is 0. The molecule has 0 radical (unpaired) electrons.